The Morgan fingerprint density at radius 1 is 1.55 bits per heavy atom. The summed E-state index contributed by atoms with van der Waals surface area (Å²) in [5, 5.41) is 19.2. The third kappa shape index (κ3) is 1.89. The first-order valence-electron chi connectivity index (χ1n) is 2.78. The highest BCUT2D eigenvalue weighted by atomic mass is 32.1. The minimum atomic E-state index is 0.0833. The van der Waals surface area contributed by atoms with E-state index in [1.807, 2.05) is 0 Å². The number of nitriles is 2. The van der Waals surface area contributed by atoms with Crippen molar-refractivity contribution in [3.05, 3.63) is 22.2 Å². The Bertz CT molecular complexity index is 321. The summed E-state index contributed by atoms with van der Waals surface area (Å²) in [4.78, 5) is 3.89. The minimum Gasteiger partial charge on any atom is -0.245 e. The second-order valence-electron chi connectivity index (χ2n) is 1.65. The molecule has 0 aliphatic carbocycles. The lowest BCUT2D eigenvalue weighted by Gasteiger charge is -1.78. The van der Waals surface area contributed by atoms with Gasteiger partial charge < -0.3 is 0 Å². The molecule has 0 atom stereocenters. The third-order valence-corrected chi connectivity index (χ3v) is 1.68. The van der Waals surface area contributed by atoms with E-state index >= 15 is 0 Å². The van der Waals surface area contributed by atoms with Crippen molar-refractivity contribution in [2.75, 3.05) is 0 Å². The van der Waals surface area contributed by atoms with Gasteiger partial charge in [-0.15, -0.1) is 11.3 Å². The highest BCUT2D eigenvalue weighted by molar-refractivity contribution is 7.10. The molecule has 0 N–H and O–H groups in total. The Morgan fingerprint density at radius 3 is 2.73 bits per heavy atom. The number of nitrogens with zero attached hydrogens (tertiary/aromatic N) is 3. The van der Waals surface area contributed by atoms with Gasteiger partial charge in [-0.05, 0) is 0 Å². The fourth-order valence-electron chi connectivity index (χ4n) is 0.519. The van der Waals surface area contributed by atoms with Crippen LogP contribution in [0.3, 0.4) is 0 Å². The summed E-state index contributed by atoms with van der Waals surface area (Å²) in [6.45, 7) is 0. The van der Waals surface area contributed by atoms with Crippen LogP contribution in [0.15, 0.2) is 17.2 Å². The van der Waals surface area contributed by atoms with Gasteiger partial charge in [-0.2, -0.15) is 10.5 Å². The second kappa shape index (κ2) is 3.50. The molecule has 0 aromatic carbocycles. The number of aromatic nitrogens is 1. The molecule has 0 fully saturated rings. The van der Waals surface area contributed by atoms with Gasteiger partial charge in [0.1, 0.15) is 22.7 Å². The van der Waals surface area contributed by atoms with Gasteiger partial charge in [0.15, 0.2) is 0 Å². The largest absolute Gasteiger partial charge is 0.245 e. The van der Waals surface area contributed by atoms with Crippen LogP contribution >= 0.6 is 11.3 Å². The quantitative estimate of drug-likeness (QED) is 0.587. The van der Waals surface area contributed by atoms with Crippen LogP contribution in [0.5, 0.6) is 0 Å². The Morgan fingerprint density at radius 2 is 2.27 bits per heavy atom. The lowest BCUT2D eigenvalue weighted by Crippen LogP contribution is -1.71. The highest BCUT2D eigenvalue weighted by Gasteiger charge is 1.94. The van der Waals surface area contributed by atoms with Crippen molar-refractivity contribution < 1.29 is 0 Å². The van der Waals surface area contributed by atoms with Crippen LogP contribution in [0.25, 0.3) is 6.08 Å². The predicted molar refractivity (Wildman–Crippen MR) is 41.3 cm³/mol. The molecule has 0 saturated heterocycles. The Labute approximate surface area is 67.8 Å². The van der Waals surface area contributed by atoms with Crippen LogP contribution in [-0.4, -0.2) is 4.98 Å². The average Bonchev–Trinajstić information content (AvgIpc) is 2.52. The van der Waals surface area contributed by atoms with E-state index in [4.69, 9.17) is 10.5 Å². The molecule has 0 radical (unpaired) electrons. The van der Waals surface area contributed by atoms with Crippen LogP contribution in [0.4, 0.5) is 0 Å². The fraction of sp³-hybridized carbons (Fsp3) is 0. The molecule has 0 saturated carbocycles. The predicted octanol–water partition coefficient (Wildman–Crippen LogP) is 1.57. The Kier molecular flexibility index (Phi) is 2.37. The molecule has 0 bridgehead atoms. The van der Waals surface area contributed by atoms with E-state index in [0.717, 1.165) is 0 Å². The van der Waals surface area contributed by atoms with Gasteiger partial charge in [-0.3, -0.25) is 0 Å². The van der Waals surface area contributed by atoms with Gasteiger partial charge in [0, 0.05) is 17.7 Å². The zero-order chi connectivity index (χ0) is 8.10. The summed E-state index contributed by atoms with van der Waals surface area (Å²) in [5.41, 5.74) is 0.0833. The van der Waals surface area contributed by atoms with Crippen molar-refractivity contribution in [1.29, 1.82) is 10.5 Å². The van der Waals surface area contributed by atoms with Crippen molar-refractivity contribution in [1.82, 2.24) is 4.98 Å². The first-order valence-corrected chi connectivity index (χ1v) is 3.66. The first-order chi connectivity index (χ1) is 5.36. The number of allylic oxidation sites excluding steroid dienone is 1. The number of rotatable bonds is 1. The molecule has 52 valence electrons. The van der Waals surface area contributed by atoms with Crippen molar-refractivity contribution in [3.63, 3.8) is 0 Å². The van der Waals surface area contributed by atoms with Gasteiger partial charge >= 0.3 is 0 Å². The van der Waals surface area contributed by atoms with Crippen LogP contribution in [0.1, 0.15) is 5.01 Å². The molecule has 0 aliphatic rings. The summed E-state index contributed by atoms with van der Waals surface area (Å²) < 4.78 is 0. The summed E-state index contributed by atoms with van der Waals surface area (Å²) in [6, 6.07) is 3.51. The van der Waals surface area contributed by atoms with Crippen LogP contribution in [0.2, 0.25) is 0 Å². The summed E-state index contributed by atoms with van der Waals surface area (Å²) in [6.07, 6.45) is 3.09. The van der Waals surface area contributed by atoms with E-state index in [9.17, 15) is 0 Å². The number of hydrogen-bond acceptors (Lipinski definition) is 4. The lowest BCUT2D eigenvalue weighted by atomic mass is 10.3. The fourth-order valence-corrected chi connectivity index (χ4v) is 1.09. The van der Waals surface area contributed by atoms with Crippen LogP contribution in [-0.2, 0) is 0 Å². The van der Waals surface area contributed by atoms with Crippen molar-refractivity contribution in [3.8, 4) is 12.1 Å². The molecular formula is C7H3N3S. The molecule has 4 heteroatoms. The lowest BCUT2D eigenvalue weighted by molar-refractivity contribution is 1.39. The number of thiazole rings is 1. The van der Waals surface area contributed by atoms with Gasteiger partial charge in [-0.25, -0.2) is 4.98 Å². The monoisotopic (exact) mass is 161 g/mol. The zero-order valence-corrected chi connectivity index (χ0v) is 6.30. The topological polar surface area (TPSA) is 60.5 Å². The van der Waals surface area contributed by atoms with E-state index in [1.165, 1.54) is 17.4 Å². The molecule has 1 aromatic heterocycles. The third-order valence-electron chi connectivity index (χ3n) is 0.960. The maximum atomic E-state index is 8.36. The summed E-state index contributed by atoms with van der Waals surface area (Å²) in [7, 11) is 0. The van der Waals surface area contributed by atoms with Gasteiger partial charge in [0.25, 0.3) is 0 Å². The van der Waals surface area contributed by atoms with Gasteiger partial charge in [-0.1, -0.05) is 0 Å². The van der Waals surface area contributed by atoms with E-state index in [0.29, 0.717) is 5.01 Å². The molecule has 0 aliphatic heterocycles. The Hall–Kier alpha value is -1.65. The standard InChI is InChI=1S/C7H3N3S/c8-4-6(5-9)3-7-10-1-2-11-7/h1-3H. The second-order valence-corrected chi connectivity index (χ2v) is 2.58. The average molecular weight is 161 g/mol. The van der Waals surface area contributed by atoms with Crippen LogP contribution in [0, 0.1) is 22.7 Å². The van der Waals surface area contributed by atoms with E-state index < -0.39 is 0 Å². The van der Waals surface area contributed by atoms with E-state index in [-0.39, 0.29) is 5.57 Å². The highest BCUT2D eigenvalue weighted by Crippen LogP contribution is 2.08. The first kappa shape index (κ1) is 7.46. The van der Waals surface area contributed by atoms with Crippen molar-refractivity contribution in [2.45, 2.75) is 0 Å². The molecule has 1 heterocycles. The number of hydrogen-bond donors (Lipinski definition) is 0. The van der Waals surface area contributed by atoms with Crippen LogP contribution < -0.4 is 0 Å². The summed E-state index contributed by atoms with van der Waals surface area (Å²) >= 11 is 1.39. The van der Waals surface area contributed by atoms with E-state index in [2.05, 4.69) is 4.98 Å². The molecule has 1 aromatic rings. The zero-order valence-electron chi connectivity index (χ0n) is 5.48. The van der Waals surface area contributed by atoms with Gasteiger partial charge in [0.05, 0.1) is 0 Å². The molecule has 0 amide bonds. The smallest absolute Gasteiger partial charge is 0.132 e. The maximum absolute atomic E-state index is 8.36. The molecule has 0 spiro atoms. The molecule has 11 heavy (non-hydrogen) atoms. The SMILES string of the molecule is N#CC(C#N)=Cc1nccs1. The van der Waals surface area contributed by atoms with E-state index in [1.54, 1.807) is 23.7 Å². The van der Waals surface area contributed by atoms with Crippen molar-refractivity contribution in [2.24, 2.45) is 0 Å². The van der Waals surface area contributed by atoms with Crippen molar-refractivity contribution >= 4 is 17.4 Å². The molecule has 3 nitrogen and oxygen atoms in total. The minimum absolute atomic E-state index is 0.0833. The Balaban J connectivity index is 2.93. The molecule has 0 unspecified atom stereocenters. The molecule has 1 rings (SSSR count). The maximum Gasteiger partial charge on any atom is 0.132 e. The normalized spacial score (nSPS) is 7.82. The molecular weight excluding hydrogens is 158 g/mol. The van der Waals surface area contributed by atoms with Gasteiger partial charge in [0.2, 0.25) is 0 Å². The summed E-state index contributed by atoms with van der Waals surface area (Å²) in [5.74, 6) is 0.